The number of benzene rings is 1. The van der Waals surface area contributed by atoms with Crippen molar-refractivity contribution in [3.8, 4) is 17.1 Å². The number of methoxy groups -OCH3 is 1. The molecule has 2 N–H and O–H groups in total. The average Bonchev–Trinajstić information content (AvgIpc) is 2.80. The van der Waals surface area contributed by atoms with Gasteiger partial charge in [-0.25, -0.2) is 0 Å². The standard InChI is InChI=1S/C12H13ClN2O2/c1-7-3-11(16-2)9(5-10(7)13)12-4-8(6-14)15-17-12/h3-5H,6,14H2,1-2H3. The summed E-state index contributed by atoms with van der Waals surface area (Å²) in [6, 6.07) is 5.45. The Balaban J connectivity index is 2.53. The van der Waals surface area contributed by atoms with Gasteiger partial charge in [-0.3, -0.25) is 0 Å². The van der Waals surface area contributed by atoms with Crippen molar-refractivity contribution >= 4 is 11.6 Å². The maximum atomic E-state index is 6.09. The highest BCUT2D eigenvalue weighted by Gasteiger charge is 2.13. The first-order valence-electron chi connectivity index (χ1n) is 5.16. The van der Waals surface area contributed by atoms with E-state index in [1.54, 1.807) is 19.2 Å². The molecule has 0 unspecified atom stereocenters. The van der Waals surface area contributed by atoms with Gasteiger partial charge in [-0.2, -0.15) is 0 Å². The Bertz CT molecular complexity index is 537. The first-order valence-corrected chi connectivity index (χ1v) is 5.53. The highest BCUT2D eigenvalue weighted by molar-refractivity contribution is 6.31. The van der Waals surface area contributed by atoms with Crippen LogP contribution in [0.5, 0.6) is 5.75 Å². The maximum absolute atomic E-state index is 6.09. The first-order chi connectivity index (χ1) is 8.15. The first kappa shape index (κ1) is 12.0. The molecule has 2 aromatic rings. The number of hydrogen-bond acceptors (Lipinski definition) is 4. The van der Waals surface area contributed by atoms with Gasteiger partial charge in [-0.05, 0) is 24.6 Å². The van der Waals surface area contributed by atoms with E-state index in [0.29, 0.717) is 28.8 Å². The molecular weight excluding hydrogens is 240 g/mol. The van der Waals surface area contributed by atoms with Gasteiger partial charge < -0.3 is 15.0 Å². The molecule has 0 spiro atoms. The smallest absolute Gasteiger partial charge is 0.170 e. The Morgan fingerprint density at radius 3 is 2.76 bits per heavy atom. The van der Waals surface area contributed by atoms with E-state index in [-0.39, 0.29) is 0 Å². The lowest BCUT2D eigenvalue weighted by Gasteiger charge is -2.08. The van der Waals surface area contributed by atoms with E-state index in [2.05, 4.69) is 5.16 Å². The highest BCUT2D eigenvalue weighted by Crippen LogP contribution is 2.34. The fourth-order valence-corrected chi connectivity index (χ4v) is 1.72. The lowest BCUT2D eigenvalue weighted by Crippen LogP contribution is -1.94. The van der Waals surface area contributed by atoms with Gasteiger partial charge in [0.2, 0.25) is 0 Å². The molecular formula is C12H13ClN2O2. The largest absolute Gasteiger partial charge is 0.496 e. The molecule has 1 aromatic heterocycles. The van der Waals surface area contributed by atoms with Crippen LogP contribution in [-0.2, 0) is 6.54 Å². The van der Waals surface area contributed by atoms with E-state index >= 15 is 0 Å². The molecule has 0 aliphatic rings. The molecule has 0 saturated heterocycles. The second-order valence-corrected chi connectivity index (χ2v) is 4.10. The molecule has 17 heavy (non-hydrogen) atoms. The van der Waals surface area contributed by atoms with Crippen LogP contribution in [0.3, 0.4) is 0 Å². The molecule has 90 valence electrons. The van der Waals surface area contributed by atoms with Crippen molar-refractivity contribution in [1.82, 2.24) is 5.16 Å². The summed E-state index contributed by atoms with van der Waals surface area (Å²) in [7, 11) is 1.60. The Morgan fingerprint density at radius 1 is 1.41 bits per heavy atom. The average molecular weight is 253 g/mol. The maximum Gasteiger partial charge on any atom is 0.170 e. The second kappa shape index (κ2) is 4.77. The molecule has 1 aromatic carbocycles. The lowest BCUT2D eigenvalue weighted by atomic mass is 10.1. The van der Waals surface area contributed by atoms with Crippen molar-refractivity contribution in [2.75, 3.05) is 7.11 Å². The van der Waals surface area contributed by atoms with Crippen LogP contribution in [0.2, 0.25) is 5.02 Å². The van der Waals surface area contributed by atoms with Crippen molar-refractivity contribution in [3.63, 3.8) is 0 Å². The number of aryl methyl sites for hydroxylation is 1. The number of halogens is 1. The minimum atomic E-state index is 0.339. The SMILES string of the molecule is COc1cc(C)c(Cl)cc1-c1cc(CN)no1. The van der Waals surface area contributed by atoms with Gasteiger partial charge >= 0.3 is 0 Å². The van der Waals surface area contributed by atoms with Crippen LogP contribution in [0, 0.1) is 6.92 Å². The predicted molar refractivity (Wildman–Crippen MR) is 66.1 cm³/mol. The van der Waals surface area contributed by atoms with Crippen molar-refractivity contribution in [2.45, 2.75) is 13.5 Å². The van der Waals surface area contributed by atoms with E-state index in [4.69, 9.17) is 26.6 Å². The summed E-state index contributed by atoms with van der Waals surface area (Å²) in [5.74, 6) is 1.30. The van der Waals surface area contributed by atoms with Crippen LogP contribution >= 0.6 is 11.6 Å². The number of ether oxygens (including phenoxy) is 1. The van der Waals surface area contributed by atoms with E-state index in [1.165, 1.54) is 0 Å². The molecule has 1 heterocycles. The van der Waals surface area contributed by atoms with Gasteiger partial charge in [0.05, 0.1) is 18.4 Å². The van der Waals surface area contributed by atoms with Crippen LogP contribution in [-0.4, -0.2) is 12.3 Å². The summed E-state index contributed by atoms with van der Waals surface area (Å²) in [5.41, 5.74) is 7.90. The van der Waals surface area contributed by atoms with Crippen molar-refractivity contribution in [3.05, 3.63) is 34.5 Å². The summed E-state index contributed by atoms with van der Waals surface area (Å²) < 4.78 is 10.5. The zero-order valence-electron chi connectivity index (χ0n) is 9.66. The van der Waals surface area contributed by atoms with Crippen LogP contribution < -0.4 is 10.5 Å². The molecule has 0 saturated carbocycles. The fourth-order valence-electron chi connectivity index (χ4n) is 1.55. The van der Waals surface area contributed by atoms with E-state index in [9.17, 15) is 0 Å². The summed E-state index contributed by atoms with van der Waals surface area (Å²) in [4.78, 5) is 0. The number of nitrogens with two attached hydrogens (primary N) is 1. The third kappa shape index (κ3) is 2.28. The summed E-state index contributed by atoms with van der Waals surface area (Å²) in [6.45, 7) is 2.26. The lowest BCUT2D eigenvalue weighted by molar-refractivity contribution is 0.403. The highest BCUT2D eigenvalue weighted by atomic mass is 35.5. The van der Waals surface area contributed by atoms with Crippen LogP contribution in [0.15, 0.2) is 22.7 Å². The van der Waals surface area contributed by atoms with Gasteiger partial charge in [0.1, 0.15) is 5.75 Å². The van der Waals surface area contributed by atoms with Crippen molar-refractivity contribution < 1.29 is 9.26 Å². The Kier molecular flexibility index (Phi) is 3.36. The topological polar surface area (TPSA) is 61.3 Å². The second-order valence-electron chi connectivity index (χ2n) is 3.69. The molecule has 0 aliphatic heterocycles. The van der Waals surface area contributed by atoms with Crippen molar-refractivity contribution in [2.24, 2.45) is 5.73 Å². The summed E-state index contributed by atoms with van der Waals surface area (Å²) in [5, 5.41) is 4.50. The Hall–Kier alpha value is -1.52. The fraction of sp³-hybridized carbons (Fsp3) is 0.250. The third-order valence-electron chi connectivity index (χ3n) is 2.51. The van der Waals surface area contributed by atoms with E-state index in [0.717, 1.165) is 11.1 Å². The minimum absolute atomic E-state index is 0.339. The van der Waals surface area contributed by atoms with Gasteiger partial charge in [0, 0.05) is 17.6 Å². The van der Waals surface area contributed by atoms with Gasteiger partial charge in [0.15, 0.2) is 5.76 Å². The Morgan fingerprint density at radius 2 is 2.18 bits per heavy atom. The molecule has 2 rings (SSSR count). The minimum Gasteiger partial charge on any atom is -0.496 e. The molecule has 0 aliphatic carbocycles. The number of nitrogens with zero attached hydrogens (tertiary/aromatic N) is 1. The molecule has 4 nitrogen and oxygen atoms in total. The zero-order valence-corrected chi connectivity index (χ0v) is 10.4. The van der Waals surface area contributed by atoms with E-state index < -0.39 is 0 Å². The molecule has 0 radical (unpaired) electrons. The molecule has 0 bridgehead atoms. The number of rotatable bonds is 3. The number of aromatic nitrogens is 1. The quantitative estimate of drug-likeness (QED) is 0.912. The van der Waals surface area contributed by atoms with Crippen molar-refractivity contribution in [1.29, 1.82) is 0 Å². The Labute approximate surface area is 104 Å². The predicted octanol–water partition coefficient (Wildman–Crippen LogP) is 2.77. The molecule has 0 fully saturated rings. The van der Waals surface area contributed by atoms with Gasteiger partial charge in [-0.1, -0.05) is 16.8 Å². The summed E-state index contributed by atoms with van der Waals surface area (Å²) >= 11 is 6.09. The normalized spacial score (nSPS) is 10.6. The van der Waals surface area contributed by atoms with Crippen LogP contribution in [0.25, 0.3) is 11.3 Å². The molecule has 0 atom stereocenters. The van der Waals surface area contributed by atoms with Gasteiger partial charge in [-0.15, -0.1) is 0 Å². The number of hydrogen-bond donors (Lipinski definition) is 1. The molecule has 5 heteroatoms. The van der Waals surface area contributed by atoms with Crippen LogP contribution in [0.1, 0.15) is 11.3 Å². The summed E-state index contributed by atoms with van der Waals surface area (Å²) in [6.07, 6.45) is 0. The van der Waals surface area contributed by atoms with Gasteiger partial charge in [0.25, 0.3) is 0 Å². The zero-order chi connectivity index (χ0) is 12.4. The van der Waals surface area contributed by atoms with E-state index in [1.807, 2.05) is 13.0 Å². The third-order valence-corrected chi connectivity index (χ3v) is 2.92. The monoisotopic (exact) mass is 252 g/mol. The van der Waals surface area contributed by atoms with Crippen LogP contribution in [0.4, 0.5) is 0 Å². The molecule has 0 amide bonds.